The van der Waals surface area contributed by atoms with Crippen molar-refractivity contribution in [1.82, 2.24) is 4.98 Å². The summed E-state index contributed by atoms with van der Waals surface area (Å²) in [6, 6.07) is 7.76. The van der Waals surface area contributed by atoms with Crippen LogP contribution in [-0.2, 0) is 16.6 Å². The van der Waals surface area contributed by atoms with Crippen molar-refractivity contribution in [1.29, 1.82) is 0 Å². The van der Waals surface area contributed by atoms with E-state index >= 15 is 0 Å². The molecule has 1 aliphatic rings. The van der Waals surface area contributed by atoms with E-state index in [2.05, 4.69) is 10.3 Å². The number of aromatic nitrogens is 1. The summed E-state index contributed by atoms with van der Waals surface area (Å²) in [6.45, 7) is 7.10. The summed E-state index contributed by atoms with van der Waals surface area (Å²) in [5.74, 6) is -1.68. The van der Waals surface area contributed by atoms with Crippen LogP contribution in [0.15, 0.2) is 35.1 Å². The third-order valence-electron chi connectivity index (χ3n) is 5.36. The van der Waals surface area contributed by atoms with Crippen molar-refractivity contribution in [2.75, 3.05) is 5.32 Å². The Morgan fingerprint density at radius 2 is 1.72 bits per heavy atom. The molecule has 0 aliphatic heterocycles. The van der Waals surface area contributed by atoms with E-state index in [4.69, 9.17) is 0 Å². The number of carboxylic acid groups (broad SMARTS) is 1. The van der Waals surface area contributed by atoms with Gasteiger partial charge in [0.25, 0.3) is 11.5 Å². The largest absolute Gasteiger partial charge is 0.481 e. The molecule has 3 rings (SSSR count). The molecule has 29 heavy (non-hydrogen) atoms. The summed E-state index contributed by atoms with van der Waals surface area (Å²) in [7, 11) is 0. The predicted octanol–water partition coefficient (Wildman–Crippen LogP) is 3.14. The molecule has 0 radical (unpaired) electrons. The number of carbonyl (C=O) groups excluding carboxylic acids is 2. The van der Waals surface area contributed by atoms with E-state index in [0.717, 1.165) is 0 Å². The van der Waals surface area contributed by atoms with Gasteiger partial charge in [0.2, 0.25) is 0 Å². The lowest BCUT2D eigenvalue weighted by atomic mass is 9.75. The van der Waals surface area contributed by atoms with Crippen LogP contribution in [0.4, 0.5) is 5.69 Å². The van der Waals surface area contributed by atoms with Crippen LogP contribution >= 0.6 is 0 Å². The lowest BCUT2D eigenvalue weighted by Crippen LogP contribution is -2.32. The Morgan fingerprint density at radius 3 is 2.31 bits per heavy atom. The Morgan fingerprint density at radius 1 is 1.10 bits per heavy atom. The SMILES string of the molecule is CC1(C)CC(=O)c2cc(C(=O)Nc3ccc(C(C)(C)C(=O)O)cc3)c(=O)[nH]c2C1. The topological polar surface area (TPSA) is 116 Å². The maximum atomic E-state index is 12.6. The second-order valence-corrected chi connectivity index (χ2v) is 8.81. The third kappa shape index (κ3) is 3.99. The summed E-state index contributed by atoms with van der Waals surface area (Å²) >= 11 is 0. The Labute approximate surface area is 168 Å². The average Bonchev–Trinajstić information content (AvgIpc) is 2.60. The van der Waals surface area contributed by atoms with Gasteiger partial charge in [-0.05, 0) is 49.4 Å². The number of aliphatic carboxylic acids is 1. The first-order valence-electron chi connectivity index (χ1n) is 9.35. The number of carboxylic acids is 1. The maximum absolute atomic E-state index is 12.6. The molecule has 152 valence electrons. The number of hydrogen-bond acceptors (Lipinski definition) is 4. The molecule has 0 saturated heterocycles. The molecule has 0 saturated carbocycles. The van der Waals surface area contributed by atoms with Crippen LogP contribution in [0.3, 0.4) is 0 Å². The highest BCUT2D eigenvalue weighted by Gasteiger charge is 2.33. The Bertz CT molecular complexity index is 1060. The fourth-order valence-electron chi connectivity index (χ4n) is 3.49. The number of aromatic amines is 1. The van der Waals surface area contributed by atoms with Crippen LogP contribution in [0.5, 0.6) is 0 Å². The molecule has 0 atom stereocenters. The van der Waals surface area contributed by atoms with E-state index in [1.807, 2.05) is 13.8 Å². The molecule has 0 bridgehead atoms. The zero-order chi connectivity index (χ0) is 21.6. The van der Waals surface area contributed by atoms with Gasteiger partial charge in [0.1, 0.15) is 5.56 Å². The van der Waals surface area contributed by atoms with Crippen molar-refractivity contribution in [2.45, 2.75) is 46.0 Å². The molecule has 0 spiro atoms. The van der Waals surface area contributed by atoms with Gasteiger partial charge in [-0.1, -0.05) is 26.0 Å². The van der Waals surface area contributed by atoms with Gasteiger partial charge in [0, 0.05) is 23.4 Å². The van der Waals surface area contributed by atoms with Crippen molar-refractivity contribution in [3.05, 3.63) is 63.1 Å². The monoisotopic (exact) mass is 396 g/mol. The normalized spacial score (nSPS) is 15.5. The van der Waals surface area contributed by atoms with E-state index in [1.165, 1.54) is 6.07 Å². The molecular weight excluding hydrogens is 372 g/mol. The summed E-state index contributed by atoms with van der Waals surface area (Å²) in [4.78, 5) is 51.5. The molecule has 1 heterocycles. The number of amides is 1. The standard InChI is InChI=1S/C22H24N2O5/c1-21(2)10-16-14(17(25)11-21)9-15(19(27)24-16)18(26)23-13-7-5-12(6-8-13)22(3,4)20(28)29/h5-9H,10-11H2,1-4H3,(H,23,26)(H,24,27)(H,28,29). The van der Waals surface area contributed by atoms with Crippen molar-refractivity contribution in [3.8, 4) is 0 Å². The number of pyridine rings is 1. The Hall–Kier alpha value is -3.22. The molecule has 1 aromatic carbocycles. The molecule has 7 heteroatoms. The number of Topliss-reactive ketones (excluding diaryl/α,β-unsaturated/α-hetero) is 1. The third-order valence-corrected chi connectivity index (χ3v) is 5.36. The fraction of sp³-hybridized carbons (Fsp3) is 0.364. The van der Waals surface area contributed by atoms with E-state index < -0.39 is 22.9 Å². The lowest BCUT2D eigenvalue weighted by molar-refractivity contribution is -0.142. The van der Waals surface area contributed by atoms with Gasteiger partial charge >= 0.3 is 5.97 Å². The fourth-order valence-corrected chi connectivity index (χ4v) is 3.49. The van der Waals surface area contributed by atoms with E-state index in [0.29, 0.717) is 35.3 Å². The first-order chi connectivity index (χ1) is 13.4. The molecule has 1 aromatic heterocycles. The zero-order valence-corrected chi connectivity index (χ0v) is 16.9. The maximum Gasteiger partial charge on any atom is 0.313 e. The van der Waals surface area contributed by atoms with Gasteiger partial charge in [0.15, 0.2) is 5.78 Å². The summed E-state index contributed by atoms with van der Waals surface area (Å²) < 4.78 is 0. The van der Waals surface area contributed by atoms with Crippen LogP contribution < -0.4 is 10.9 Å². The number of ketones is 1. The summed E-state index contributed by atoms with van der Waals surface area (Å²) in [5.41, 5.74) is -0.0237. The number of nitrogens with one attached hydrogen (secondary N) is 2. The predicted molar refractivity (Wildman–Crippen MR) is 109 cm³/mol. The minimum Gasteiger partial charge on any atom is -0.481 e. The van der Waals surface area contributed by atoms with E-state index in [1.54, 1.807) is 38.1 Å². The Kier molecular flexibility index (Phi) is 4.94. The molecule has 7 nitrogen and oxygen atoms in total. The number of hydrogen-bond donors (Lipinski definition) is 3. The second-order valence-electron chi connectivity index (χ2n) is 8.81. The molecule has 0 fully saturated rings. The van der Waals surface area contributed by atoms with Gasteiger partial charge in [-0.25, -0.2) is 0 Å². The summed E-state index contributed by atoms with van der Waals surface area (Å²) in [5, 5.41) is 11.9. The van der Waals surface area contributed by atoms with Crippen molar-refractivity contribution in [3.63, 3.8) is 0 Å². The quantitative estimate of drug-likeness (QED) is 0.734. The number of anilines is 1. The van der Waals surface area contributed by atoms with Crippen molar-refractivity contribution in [2.24, 2.45) is 5.41 Å². The van der Waals surface area contributed by atoms with Gasteiger partial charge in [0.05, 0.1) is 5.41 Å². The first-order valence-corrected chi connectivity index (χ1v) is 9.35. The molecular formula is C22H24N2O5. The van der Waals surface area contributed by atoms with Crippen LogP contribution in [-0.4, -0.2) is 27.8 Å². The highest BCUT2D eigenvalue weighted by molar-refractivity contribution is 6.06. The molecule has 3 N–H and O–H groups in total. The molecule has 1 amide bonds. The number of H-pyrrole nitrogens is 1. The number of carbonyl (C=O) groups is 3. The summed E-state index contributed by atoms with van der Waals surface area (Å²) in [6.07, 6.45) is 0.917. The smallest absolute Gasteiger partial charge is 0.313 e. The molecule has 2 aromatic rings. The van der Waals surface area contributed by atoms with Crippen LogP contribution in [0.1, 0.15) is 66.1 Å². The van der Waals surface area contributed by atoms with E-state index in [-0.39, 0.29) is 16.8 Å². The van der Waals surface area contributed by atoms with Crippen molar-refractivity contribution >= 4 is 23.3 Å². The lowest BCUT2D eigenvalue weighted by Gasteiger charge is -2.29. The van der Waals surface area contributed by atoms with Gasteiger partial charge in [-0.3, -0.25) is 19.2 Å². The van der Waals surface area contributed by atoms with Crippen LogP contribution in [0.25, 0.3) is 0 Å². The highest BCUT2D eigenvalue weighted by Crippen LogP contribution is 2.33. The number of benzene rings is 1. The van der Waals surface area contributed by atoms with E-state index in [9.17, 15) is 24.3 Å². The second kappa shape index (κ2) is 6.99. The Balaban J connectivity index is 1.85. The zero-order valence-electron chi connectivity index (χ0n) is 16.9. The van der Waals surface area contributed by atoms with Crippen LogP contribution in [0, 0.1) is 5.41 Å². The molecule has 1 aliphatic carbocycles. The number of fused-ring (bicyclic) bond motifs is 1. The average molecular weight is 396 g/mol. The van der Waals surface area contributed by atoms with Crippen molar-refractivity contribution < 1.29 is 19.5 Å². The first kappa shape index (κ1) is 20.5. The van der Waals surface area contributed by atoms with Gasteiger partial charge in [-0.2, -0.15) is 0 Å². The van der Waals surface area contributed by atoms with Gasteiger partial charge < -0.3 is 15.4 Å². The molecule has 0 unspecified atom stereocenters. The van der Waals surface area contributed by atoms with Gasteiger partial charge in [-0.15, -0.1) is 0 Å². The highest BCUT2D eigenvalue weighted by atomic mass is 16.4. The minimum absolute atomic E-state index is 0.0956. The minimum atomic E-state index is -1.06. The number of rotatable bonds is 4. The van der Waals surface area contributed by atoms with Crippen LogP contribution in [0.2, 0.25) is 0 Å².